The molecule has 0 N–H and O–H groups in total. The second kappa shape index (κ2) is 10.5. The molecule has 0 aliphatic heterocycles. The SMILES string of the molecule is CC=Nc1c(-c2c(C(C)C)cccc2C(C)C)cccc1-c1c(C(C)C)cccc1C(C)C. The summed E-state index contributed by atoms with van der Waals surface area (Å²) in [5.74, 6) is 1.76. The van der Waals surface area contributed by atoms with Crippen molar-refractivity contribution in [3.8, 4) is 22.3 Å². The fraction of sp³-hybridized carbons (Fsp3) is 0.406. The lowest BCUT2D eigenvalue weighted by atomic mass is 9.81. The van der Waals surface area contributed by atoms with Crippen LogP contribution >= 0.6 is 0 Å². The summed E-state index contributed by atoms with van der Waals surface area (Å²) in [5.41, 5.74) is 11.9. The molecule has 0 aliphatic carbocycles. The van der Waals surface area contributed by atoms with Gasteiger partial charge in [-0.05, 0) is 64.0 Å². The Morgan fingerprint density at radius 1 is 0.515 bits per heavy atom. The normalized spacial score (nSPS) is 12.2. The van der Waals surface area contributed by atoms with Crippen molar-refractivity contribution in [1.29, 1.82) is 0 Å². The summed E-state index contributed by atoms with van der Waals surface area (Å²) in [6.45, 7) is 20.4. The van der Waals surface area contributed by atoms with E-state index in [9.17, 15) is 0 Å². The van der Waals surface area contributed by atoms with E-state index < -0.39 is 0 Å². The minimum absolute atomic E-state index is 0.440. The van der Waals surface area contributed by atoms with Gasteiger partial charge in [0, 0.05) is 17.3 Å². The second-order valence-electron chi connectivity index (χ2n) is 10.3. The average molecular weight is 440 g/mol. The third kappa shape index (κ3) is 4.98. The lowest BCUT2D eigenvalue weighted by molar-refractivity contribution is 0.837. The summed E-state index contributed by atoms with van der Waals surface area (Å²) in [4.78, 5) is 5.04. The summed E-state index contributed by atoms with van der Waals surface area (Å²) in [6.07, 6.45) is 1.95. The largest absolute Gasteiger partial charge is 0.260 e. The summed E-state index contributed by atoms with van der Waals surface area (Å²) >= 11 is 0. The molecular formula is C32H41N. The van der Waals surface area contributed by atoms with Gasteiger partial charge in [0.15, 0.2) is 0 Å². The molecule has 3 aromatic carbocycles. The zero-order valence-corrected chi connectivity index (χ0v) is 22.0. The van der Waals surface area contributed by atoms with Crippen LogP contribution in [0.25, 0.3) is 22.3 Å². The van der Waals surface area contributed by atoms with Gasteiger partial charge in [0.05, 0.1) is 5.69 Å². The maximum Gasteiger partial charge on any atom is 0.0782 e. The van der Waals surface area contributed by atoms with Crippen LogP contribution in [0.15, 0.2) is 59.6 Å². The molecule has 0 fully saturated rings. The van der Waals surface area contributed by atoms with Crippen LogP contribution < -0.4 is 0 Å². The van der Waals surface area contributed by atoms with Crippen LogP contribution in [0.5, 0.6) is 0 Å². The van der Waals surface area contributed by atoms with Gasteiger partial charge in [0.1, 0.15) is 0 Å². The number of benzene rings is 3. The van der Waals surface area contributed by atoms with Gasteiger partial charge >= 0.3 is 0 Å². The first-order valence-electron chi connectivity index (χ1n) is 12.6. The van der Waals surface area contributed by atoms with Crippen molar-refractivity contribution in [3.63, 3.8) is 0 Å². The highest BCUT2D eigenvalue weighted by Crippen LogP contribution is 2.47. The van der Waals surface area contributed by atoms with E-state index in [2.05, 4.69) is 110 Å². The van der Waals surface area contributed by atoms with E-state index in [1.54, 1.807) is 0 Å². The average Bonchev–Trinajstić information content (AvgIpc) is 2.78. The standard InChI is InChI=1S/C32H41N/c1-10-33-32-28(30-24(20(2)3)14-11-15-25(30)21(4)5)18-13-19-29(32)31-26(22(6)7)16-12-17-27(31)23(8)9/h10-23H,1-9H3. The Morgan fingerprint density at radius 2 is 0.818 bits per heavy atom. The predicted octanol–water partition coefficient (Wildman–Crippen LogP) is 10.2. The van der Waals surface area contributed by atoms with Crippen molar-refractivity contribution in [2.75, 3.05) is 0 Å². The van der Waals surface area contributed by atoms with E-state index >= 15 is 0 Å². The Labute approximate surface area is 202 Å². The maximum absolute atomic E-state index is 5.04. The molecule has 0 aromatic heterocycles. The first-order valence-corrected chi connectivity index (χ1v) is 12.6. The summed E-state index contributed by atoms with van der Waals surface area (Å²) < 4.78 is 0. The van der Waals surface area contributed by atoms with E-state index in [-0.39, 0.29) is 0 Å². The molecule has 0 unspecified atom stereocenters. The fourth-order valence-corrected chi connectivity index (χ4v) is 4.94. The van der Waals surface area contributed by atoms with Crippen LogP contribution in [0.3, 0.4) is 0 Å². The van der Waals surface area contributed by atoms with Crippen LogP contribution in [-0.2, 0) is 0 Å². The van der Waals surface area contributed by atoms with Crippen molar-refractivity contribution in [2.45, 2.75) is 86.0 Å². The Bertz CT molecular complexity index is 995. The summed E-state index contributed by atoms with van der Waals surface area (Å²) in [7, 11) is 0. The molecule has 0 heterocycles. The maximum atomic E-state index is 5.04. The summed E-state index contributed by atoms with van der Waals surface area (Å²) in [6, 6.07) is 20.4. The lowest BCUT2D eigenvalue weighted by Gasteiger charge is -2.25. The molecule has 3 aromatic rings. The Kier molecular flexibility index (Phi) is 7.95. The van der Waals surface area contributed by atoms with E-state index in [0.29, 0.717) is 23.7 Å². The van der Waals surface area contributed by atoms with Gasteiger partial charge in [-0.3, -0.25) is 4.99 Å². The van der Waals surface area contributed by atoms with E-state index in [4.69, 9.17) is 4.99 Å². The lowest BCUT2D eigenvalue weighted by Crippen LogP contribution is -2.02. The monoisotopic (exact) mass is 439 g/mol. The van der Waals surface area contributed by atoms with E-state index in [1.165, 1.54) is 44.5 Å². The molecule has 0 bridgehead atoms. The number of hydrogen-bond donors (Lipinski definition) is 0. The highest BCUT2D eigenvalue weighted by Gasteiger charge is 2.23. The van der Waals surface area contributed by atoms with Gasteiger partial charge in [0.25, 0.3) is 0 Å². The van der Waals surface area contributed by atoms with Gasteiger partial charge < -0.3 is 0 Å². The molecule has 174 valence electrons. The predicted molar refractivity (Wildman–Crippen MR) is 147 cm³/mol. The topological polar surface area (TPSA) is 12.4 Å². The molecule has 33 heavy (non-hydrogen) atoms. The van der Waals surface area contributed by atoms with Crippen LogP contribution in [-0.4, -0.2) is 6.21 Å². The number of rotatable bonds is 7. The number of para-hydroxylation sites is 1. The summed E-state index contributed by atoms with van der Waals surface area (Å²) in [5, 5.41) is 0. The van der Waals surface area contributed by atoms with Crippen LogP contribution in [0.4, 0.5) is 5.69 Å². The molecule has 0 amide bonds. The molecule has 0 aliphatic rings. The van der Waals surface area contributed by atoms with Gasteiger partial charge in [0.2, 0.25) is 0 Å². The molecule has 3 rings (SSSR count). The third-order valence-electron chi connectivity index (χ3n) is 6.58. The molecule has 1 heteroatoms. The van der Waals surface area contributed by atoms with E-state index in [1.807, 2.05) is 13.1 Å². The zero-order valence-electron chi connectivity index (χ0n) is 22.0. The van der Waals surface area contributed by atoms with Crippen LogP contribution in [0, 0.1) is 0 Å². The molecule has 0 atom stereocenters. The minimum Gasteiger partial charge on any atom is -0.260 e. The number of hydrogen-bond acceptors (Lipinski definition) is 1. The van der Waals surface area contributed by atoms with E-state index in [0.717, 1.165) is 5.69 Å². The van der Waals surface area contributed by atoms with Gasteiger partial charge in [-0.1, -0.05) is 110 Å². The van der Waals surface area contributed by atoms with Gasteiger partial charge in [-0.15, -0.1) is 0 Å². The highest BCUT2D eigenvalue weighted by atomic mass is 14.7. The first-order chi connectivity index (χ1) is 15.7. The van der Waals surface area contributed by atoms with Crippen molar-refractivity contribution < 1.29 is 0 Å². The quantitative estimate of drug-likeness (QED) is 0.325. The van der Waals surface area contributed by atoms with Gasteiger partial charge in [-0.2, -0.15) is 0 Å². The van der Waals surface area contributed by atoms with Crippen LogP contribution in [0.1, 0.15) is 108 Å². The Hall–Kier alpha value is -2.67. The molecule has 0 spiro atoms. The first kappa shape index (κ1) is 25.0. The fourth-order valence-electron chi connectivity index (χ4n) is 4.94. The van der Waals surface area contributed by atoms with Crippen molar-refractivity contribution in [2.24, 2.45) is 4.99 Å². The second-order valence-corrected chi connectivity index (χ2v) is 10.3. The minimum atomic E-state index is 0.440. The molecule has 0 saturated carbocycles. The highest BCUT2D eigenvalue weighted by molar-refractivity contribution is 5.94. The molecular weight excluding hydrogens is 398 g/mol. The van der Waals surface area contributed by atoms with Crippen LogP contribution in [0.2, 0.25) is 0 Å². The smallest absolute Gasteiger partial charge is 0.0782 e. The Balaban J connectivity index is 2.48. The number of aliphatic imine (C=N–C) groups is 1. The molecule has 0 radical (unpaired) electrons. The van der Waals surface area contributed by atoms with Crippen molar-refractivity contribution in [3.05, 3.63) is 76.9 Å². The Morgan fingerprint density at radius 3 is 1.09 bits per heavy atom. The van der Waals surface area contributed by atoms with Crippen molar-refractivity contribution >= 4 is 11.9 Å². The molecule has 0 saturated heterocycles. The van der Waals surface area contributed by atoms with Gasteiger partial charge in [-0.25, -0.2) is 0 Å². The number of nitrogens with zero attached hydrogens (tertiary/aromatic N) is 1. The zero-order chi connectivity index (χ0) is 24.3. The van der Waals surface area contributed by atoms with Crippen molar-refractivity contribution in [1.82, 2.24) is 0 Å². The molecule has 1 nitrogen and oxygen atoms in total. The third-order valence-corrected chi connectivity index (χ3v) is 6.58.